The summed E-state index contributed by atoms with van der Waals surface area (Å²) in [4.78, 5) is 100. The zero-order chi connectivity index (χ0) is 52.3. The second-order valence-electron chi connectivity index (χ2n) is 18.6. The van der Waals surface area contributed by atoms with Gasteiger partial charge in [0.2, 0.25) is 11.8 Å². The van der Waals surface area contributed by atoms with E-state index in [1.54, 1.807) is 0 Å². The van der Waals surface area contributed by atoms with Gasteiger partial charge in [0.05, 0.1) is 19.5 Å². The number of imidazole rings is 1. The molecule has 70 heavy (non-hydrogen) atoms. The van der Waals surface area contributed by atoms with E-state index in [0.29, 0.717) is 12.9 Å². The summed E-state index contributed by atoms with van der Waals surface area (Å²) in [5.74, 6) is -1.56. The Hall–Kier alpha value is -4.10. The molecule has 26 nitrogen and oxygen atoms in total. The molecule has 0 radical (unpaired) electrons. The standard InChI is InChI=1S/C41H64N7O19P3/c1-39(2,16-8-12-26-10-7-11-27(20-26)13-9-17-41(5,6)62-25-49)29(50)14-18-43-30(51)15-19-44-37(54)34(53)40(3,4)22-64-70(60,61)67-69(58,59)63-21-28-33(66-68(55,56)57)32(52)38(65-28)48-24-47-31-35(42)45-23-46-36(31)48/h7,10-11,20,23-25,28,32-34,38,52-53H,8-9,12-19,21-22H2,1-6H3,(H,43,51)(H,44,54)(H,58,59)(H,60,61)(H2,42,45,46)(H2,55,56,57). The predicted molar refractivity (Wildman–Crippen MR) is 247 cm³/mol. The molecule has 3 aromatic rings. The molecular weight excluding hydrogens is 987 g/mol. The van der Waals surface area contributed by atoms with Crippen LogP contribution in [0, 0.1) is 10.8 Å². The Labute approximate surface area is 403 Å². The van der Waals surface area contributed by atoms with Gasteiger partial charge in [-0.05, 0) is 63.5 Å². The number of nitrogens with one attached hydrogen (secondary N) is 2. The van der Waals surface area contributed by atoms with Gasteiger partial charge in [0.1, 0.15) is 47.6 Å². The van der Waals surface area contributed by atoms with Crippen LogP contribution in [0.5, 0.6) is 0 Å². The molecule has 392 valence electrons. The summed E-state index contributed by atoms with van der Waals surface area (Å²) in [6, 6.07) is 8.26. The molecule has 1 aromatic carbocycles. The van der Waals surface area contributed by atoms with Crippen molar-refractivity contribution in [3.8, 4) is 0 Å². The third kappa shape index (κ3) is 17.9. The van der Waals surface area contributed by atoms with Crippen LogP contribution in [0.15, 0.2) is 36.9 Å². The number of Topliss-reactive ketones (excluding diaryl/α,β-unsaturated/α-hetero) is 1. The molecule has 0 aliphatic carbocycles. The van der Waals surface area contributed by atoms with Crippen LogP contribution < -0.4 is 16.4 Å². The molecule has 4 rings (SSSR count). The number of anilines is 1. The van der Waals surface area contributed by atoms with Gasteiger partial charge in [-0.15, -0.1) is 0 Å². The number of ketones is 1. The number of phosphoric ester groups is 3. The molecule has 29 heteroatoms. The molecule has 7 unspecified atom stereocenters. The molecule has 0 bridgehead atoms. The lowest BCUT2D eigenvalue weighted by Gasteiger charge is -2.30. The van der Waals surface area contributed by atoms with Gasteiger partial charge in [0, 0.05) is 36.8 Å². The molecule has 2 aromatic heterocycles. The number of hydrogen-bond donors (Lipinski definition) is 9. The molecule has 0 saturated carbocycles. The van der Waals surface area contributed by atoms with E-state index in [1.165, 1.54) is 19.4 Å². The van der Waals surface area contributed by atoms with Gasteiger partial charge in [-0.3, -0.25) is 37.3 Å². The number of aryl methyl sites for hydroxylation is 2. The fourth-order valence-corrected chi connectivity index (χ4v) is 10.1. The van der Waals surface area contributed by atoms with Crippen LogP contribution in [-0.2, 0) is 73.1 Å². The number of aliphatic hydroxyl groups is 2. The lowest BCUT2D eigenvalue weighted by molar-refractivity contribution is -0.141. The minimum absolute atomic E-state index is 0.0246. The van der Waals surface area contributed by atoms with E-state index in [1.807, 2.05) is 39.8 Å². The first-order valence-electron chi connectivity index (χ1n) is 22.1. The summed E-state index contributed by atoms with van der Waals surface area (Å²) in [6.07, 6.45) is -2.35. The normalized spacial score (nSPS) is 20.1. The van der Waals surface area contributed by atoms with Crippen molar-refractivity contribution in [2.24, 2.45) is 10.8 Å². The highest BCUT2D eigenvalue weighted by atomic mass is 31.3. The van der Waals surface area contributed by atoms with Gasteiger partial charge in [-0.1, -0.05) is 52.0 Å². The summed E-state index contributed by atoms with van der Waals surface area (Å²) in [5.41, 5.74) is 5.42. The molecule has 1 aliphatic rings. The highest BCUT2D eigenvalue weighted by molar-refractivity contribution is 7.61. The number of ether oxygens (including phenoxy) is 2. The number of nitrogens with zero attached hydrogens (tertiary/aromatic N) is 4. The average molecular weight is 1050 g/mol. The third-order valence-electron chi connectivity index (χ3n) is 11.4. The lowest BCUT2D eigenvalue weighted by atomic mass is 9.81. The maximum absolute atomic E-state index is 13.1. The zero-order valence-electron chi connectivity index (χ0n) is 39.6. The molecule has 10 N–H and O–H groups in total. The first-order chi connectivity index (χ1) is 32.4. The van der Waals surface area contributed by atoms with Gasteiger partial charge in [0.15, 0.2) is 17.7 Å². The number of phosphoric acid groups is 3. The van der Waals surface area contributed by atoms with Crippen LogP contribution in [-0.4, -0.2) is 130 Å². The van der Waals surface area contributed by atoms with Crippen LogP contribution in [0.4, 0.5) is 5.82 Å². The zero-order valence-corrected chi connectivity index (χ0v) is 42.3. The van der Waals surface area contributed by atoms with Gasteiger partial charge >= 0.3 is 23.5 Å². The molecule has 3 heterocycles. The largest absolute Gasteiger partial charge is 0.481 e. The second-order valence-corrected chi connectivity index (χ2v) is 22.9. The van der Waals surface area contributed by atoms with Crippen molar-refractivity contribution in [3.63, 3.8) is 0 Å². The van der Waals surface area contributed by atoms with Crippen LogP contribution in [0.3, 0.4) is 0 Å². The van der Waals surface area contributed by atoms with Crippen LogP contribution in [0.1, 0.15) is 97.4 Å². The summed E-state index contributed by atoms with van der Waals surface area (Å²) in [5, 5.41) is 26.6. The number of hydrogen-bond acceptors (Lipinski definition) is 19. The van der Waals surface area contributed by atoms with Gasteiger partial charge in [-0.25, -0.2) is 28.6 Å². The summed E-state index contributed by atoms with van der Waals surface area (Å²) >= 11 is 0. The predicted octanol–water partition coefficient (Wildman–Crippen LogP) is 2.69. The van der Waals surface area contributed by atoms with E-state index >= 15 is 0 Å². The van der Waals surface area contributed by atoms with E-state index in [0.717, 1.165) is 54.9 Å². The number of carbonyl (C=O) groups is 4. The fourth-order valence-electron chi connectivity index (χ4n) is 7.32. The average Bonchev–Trinajstić information content (AvgIpc) is 3.81. The maximum Gasteiger partial charge on any atom is 0.481 e. The van der Waals surface area contributed by atoms with Crippen molar-refractivity contribution in [2.75, 3.05) is 32.0 Å². The Bertz CT molecular complexity index is 2430. The van der Waals surface area contributed by atoms with Gasteiger partial charge in [-0.2, -0.15) is 4.31 Å². The first-order valence-corrected chi connectivity index (χ1v) is 26.6. The molecule has 7 atom stereocenters. The SMILES string of the molecule is CC(C)(CCCc1cccc(CCCC(C)(C)C(=O)CCNC(=O)CCNC(=O)C(O)C(C)(C)COP(=O)(O)OP(=O)(O)OCC2OC(n3cnc4c(N)ncnc43)C(O)C2OP(=O)(O)O)c1)OC=O. The third-order valence-corrected chi connectivity index (χ3v) is 14.5. The number of amides is 2. The van der Waals surface area contributed by atoms with E-state index in [4.69, 9.17) is 24.3 Å². The number of aliphatic hydroxyl groups excluding tert-OH is 2. The summed E-state index contributed by atoms with van der Waals surface area (Å²) in [6.45, 7) is 8.22. The van der Waals surface area contributed by atoms with Gasteiger partial charge < -0.3 is 55.6 Å². The van der Waals surface area contributed by atoms with Gasteiger partial charge in [0.25, 0.3) is 6.47 Å². The van der Waals surface area contributed by atoms with Crippen molar-refractivity contribution in [2.45, 2.75) is 129 Å². The van der Waals surface area contributed by atoms with Crippen molar-refractivity contribution in [3.05, 3.63) is 48.0 Å². The van der Waals surface area contributed by atoms with Crippen molar-refractivity contribution >= 4 is 64.5 Å². The van der Waals surface area contributed by atoms with Crippen molar-refractivity contribution < 1.29 is 90.0 Å². The Morgan fingerprint density at radius 1 is 0.914 bits per heavy atom. The number of nitrogen functional groups attached to an aromatic ring is 1. The Balaban J connectivity index is 1.16. The number of rotatable bonds is 30. The minimum Gasteiger partial charge on any atom is -0.462 e. The molecule has 2 amide bonds. The fraction of sp³-hybridized carbons (Fsp3) is 0.634. The van der Waals surface area contributed by atoms with Crippen LogP contribution in [0.25, 0.3) is 11.2 Å². The number of benzene rings is 1. The number of fused-ring (bicyclic) bond motifs is 1. The first kappa shape index (κ1) is 58.5. The smallest absolute Gasteiger partial charge is 0.462 e. The topological polar surface area (TPSA) is 390 Å². The van der Waals surface area contributed by atoms with Crippen molar-refractivity contribution in [1.29, 1.82) is 0 Å². The highest BCUT2D eigenvalue weighted by Gasteiger charge is 2.50. The molecule has 1 saturated heterocycles. The quantitative estimate of drug-likeness (QED) is 0.0342. The van der Waals surface area contributed by atoms with Crippen LogP contribution in [0.2, 0.25) is 0 Å². The summed E-state index contributed by atoms with van der Waals surface area (Å²) in [7, 11) is -16.5. The Morgan fingerprint density at radius 3 is 2.19 bits per heavy atom. The maximum atomic E-state index is 13.1. The number of aromatic nitrogens is 4. The Kier molecular flexibility index (Phi) is 20.5. The van der Waals surface area contributed by atoms with E-state index in [9.17, 15) is 62.7 Å². The molecular formula is C41H64N7O19P3. The highest BCUT2D eigenvalue weighted by Crippen LogP contribution is 2.61. The van der Waals surface area contributed by atoms with E-state index in [-0.39, 0.29) is 48.7 Å². The minimum atomic E-state index is -5.60. The number of carbonyl (C=O) groups excluding carboxylic acids is 4. The van der Waals surface area contributed by atoms with Crippen molar-refractivity contribution in [1.82, 2.24) is 30.2 Å². The lowest BCUT2D eigenvalue weighted by Crippen LogP contribution is -2.46. The molecule has 0 spiro atoms. The molecule has 1 fully saturated rings. The monoisotopic (exact) mass is 1050 g/mol. The van der Waals surface area contributed by atoms with E-state index in [2.05, 4.69) is 46.6 Å². The molecule has 1 aliphatic heterocycles. The Morgan fingerprint density at radius 2 is 1.54 bits per heavy atom. The number of nitrogens with two attached hydrogens (primary N) is 1. The van der Waals surface area contributed by atoms with E-state index < -0.39 is 95.6 Å². The second kappa shape index (κ2) is 24.5. The summed E-state index contributed by atoms with van der Waals surface area (Å²) < 4.78 is 67.7. The van der Waals surface area contributed by atoms with Crippen LogP contribution >= 0.6 is 23.5 Å².